The molecule has 90 valence electrons. The summed E-state index contributed by atoms with van der Waals surface area (Å²) < 4.78 is 0. The zero-order valence-electron chi connectivity index (χ0n) is 10.0. The zero-order chi connectivity index (χ0) is 12.5. The van der Waals surface area contributed by atoms with E-state index < -0.39 is 0 Å². The fourth-order valence-electron chi connectivity index (χ4n) is 2.65. The Morgan fingerprint density at radius 1 is 0.944 bits per heavy atom. The molecule has 2 N–H and O–H groups in total. The molecule has 0 spiro atoms. The van der Waals surface area contributed by atoms with Crippen molar-refractivity contribution < 1.29 is 4.79 Å². The number of nitrogens with two attached hydrogens (primary N) is 1. The van der Waals surface area contributed by atoms with Gasteiger partial charge < -0.3 is 5.73 Å². The van der Waals surface area contributed by atoms with Gasteiger partial charge in [0.15, 0.2) is 0 Å². The standard InChI is InChI=1S/C16H15NO/c17-16(18)13-9-5-4-8-12(13)15-10-14(15)11-6-2-1-3-7-11/h1-9,14-15H,10H2,(H2,17,18)/t14-,15+/m1/s1. The molecule has 2 aromatic rings. The lowest BCUT2D eigenvalue weighted by Crippen LogP contribution is -2.13. The molecule has 1 amide bonds. The van der Waals surface area contributed by atoms with Crippen molar-refractivity contribution in [2.75, 3.05) is 0 Å². The van der Waals surface area contributed by atoms with Crippen molar-refractivity contribution in [2.45, 2.75) is 18.3 Å². The van der Waals surface area contributed by atoms with Crippen LogP contribution in [-0.2, 0) is 0 Å². The molecule has 18 heavy (non-hydrogen) atoms. The highest BCUT2D eigenvalue weighted by Crippen LogP contribution is 2.55. The summed E-state index contributed by atoms with van der Waals surface area (Å²) in [5.74, 6) is 0.645. The molecule has 0 aromatic heterocycles. The average molecular weight is 237 g/mol. The molecule has 1 aliphatic carbocycles. The lowest BCUT2D eigenvalue weighted by Gasteiger charge is -2.06. The van der Waals surface area contributed by atoms with Crippen molar-refractivity contribution in [3.05, 3.63) is 71.3 Å². The summed E-state index contributed by atoms with van der Waals surface area (Å²) in [6.45, 7) is 0. The zero-order valence-corrected chi connectivity index (χ0v) is 10.0. The Morgan fingerprint density at radius 3 is 2.33 bits per heavy atom. The number of rotatable bonds is 3. The van der Waals surface area contributed by atoms with Gasteiger partial charge in [0.05, 0.1) is 0 Å². The number of hydrogen-bond acceptors (Lipinski definition) is 1. The second-order valence-electron chi connectivity index (χ2n) is 4.81. The quantitative estimate of drug-likeness (QED) is 0.876. The van der Waals surface area contributed by atoms with Gasteiger partial charge in [0, 0.05) is 5.56 Å². The van der Waals surface area contributed by atoms with E-state index in [2.05, 4.69) is 24.3 Å². The van der Waals surface area contributed by atoms with Gasteiger partial charge in [0.25, 0.3) is 0 Å². The third-order valence-corrected chi connectivity index (χ3v) is 3.64. The summed E-state index contributed by atoms with van der Waals surface area (Å²) in [6.07, 6.45) is 1.11. The van der Waals surface area contributed by atoms with Gasteiger partial charge in [-0.3, -0.25) is 4.79 Å². The van der Waals surface area contributed by atoms with Crippen molar-refractivity contribution >= 4 is 5.91 Å². The molecule has 0 heterocycles. The first-order valence-corrected chi connectivity index (χ1v) is 6.21. The van der Waals surface area contributed by atoms with Gasteiger partial charge in [-0.05, 0) is 35.4 Å². The first-order valence-electron chi connectivity index (χ1n) is 6.21. The molecular weight excluding hydrogens is 222 g/mol. The van der Waals surface area contributed by atoms with Crippen molar-refractivity contribution in [3.8, 4) is 0 Å². The number of amides is 1. The minimum Gasteiger partial charge on any atom is -0.366 e. The molecule has 0 aliphatic heterocycles. The SMILES string of the molecule is NC(=O)c1ccccc1[C@@H]1C[C@@H]1c1ccccc1. The van der Waals surface area contributed by atoms with E-state index in [0.717, 1.165) is 12.0 Å². The second-order valence-corrected chi connectivity index (χ2v) is 4.81. The van der Waals surface area contributed by atoms with Gasteiger partial charge in [-0.25, -0.2) is 0 Å². The number of primary amides is 1. The number of benzene rings is 2. The summed E-state index contributed by atoms with van der Waals surface area (Å²) in [5, 5.41) is 0. The minimum absolute atomic E-state index is 0.329. The van der Waals surface area contributed by atoms with Gasteiger partial charge >= 0.3 is 0 Å². The molecule has 1 saturated carbocycles. The molecule has 1 fully saturated rings. The van der Waals surface area contributed by atoms with Crippen LogP contribution < -0.4 is 5.73 Å². The van der Waals surface area contributed by atoms with Crippen LogP contribution in [0.1, 0.15) is 39.7 Å². The maximum absolute atomic E-state index is 11.4. The monoisotopic (exact) mass is 237 g/mol. The molecule has 2 nitrogen and oxygen atoms in total. The maximum Gasteiger partial charge on any atom is 0.248 e. The maximum atomic E-state index is 11.4. The lowest BCUT2D eigenvalue weighted by atomic mass is 9.99. The fraction of sp³-hybridized carbons (Fsp3) is 0.188. The Bertz CT molecular complexity index is 577. The summed E-state index contributed by atoms with van der Waals surface area (Å²) >= 11 is 0. The summed E-state index contributed by atoms with van der Waals surface area (Å²) in [6, 6.07) is 18.1. The van der Waals surface area contributed by atoms with E-state index in [1.807, 2.05) is 30.3 Å². The van der Waals surface area contributed by atoms with Crippen molar-refractivity contribution in [1.82, 2.24) is 0 Å². The smallest absolute Gasteiger partial charge is 0.248 e. The van der Waals surface area contributed by atoms with Crippen LogP contribution in [-0.4, -0.2) is 5.91 Å². The van der Waals surface area contributed by atoms with Gasteiger partial charge in [-0.2, -0.15) is 0 Å². The van der Waals surface area contributed by atoms with Crippen LogP contribution >= 0.6 is 0 Å². The molecular formula is C16H15NO. The summed E-state index contributed by atoms with van der Waals surface area (Å²) in [4.78, 5) is 11.4. The Kier molecular flexibility index (Phi) is 2.63. The van der Waals surface area contributed by atoms with Crippen molar-refractivity contribution in [1.29, 1.82) is 0 Å². The third-order valence-electron chi connectivity index (χ3n) is 3.64. The first-order chi connectivity index (χ1) is 8.77. The molecule has 2 aromatic carbocycles. The Hall–Kier alpha value is -2.09. The topological polar surface area (TPSA) is 43.1 Å². The van der Waals surface area contributed by atoms with Crippen LogP contribution in [0.5, 0.6) is 0 Å². The van der Waals surface area contributed by atoms with Gasteiger partial charge in [0.1, 0.15) is 0 Å². The van der Waals surface area contributed by atoms with Crippen LogP contribution in [0.25, 0.3) is 0 Å². The van der Waals surface area contributed by atoms with E-state index >= 15 is 0 Å². The Morgan fingerprint density at radius 2 is 1.61 bits per heavy atom. The fourth-order valence-corrected chi connectivity index (χ4v) is 2.65. The normalized spacial score (nSPS) is 21.6. The molecule has 0 saturated heterocycles. The molecule has 1 aliphatic rings. The molecule has 2 atom stereocenters. The molecule has 3 rings (SSSR count). The molecule has 2 heteroatoms. The number of hydrogen-bond donors (Lipinski definition) is 1. The second kappa shape index (κ2) is 4.30. The third kappa shape index (κ3) is 1.90. The van der Waals surface area contributed by atoms with E-state index in [4.69, 9.17) is 5.73 Å². The highest BCUT2D eigenvalue weighted by molar-refractivity contribution is 5.94. The molecule has 0 unspecified atom stereocenters. The summed E-state index contributed by atoms with van der Waals surface area (Å²) in [5.41, 5.74) is 8.54. The average Bonchev–Trinajstić information content (AvgIpc) is 3.20. The predicted molar refractivity (Wildman–Crippen MR) is 71.5 cm³/mol. The van der Waals surface area contributed by atoms with Gasteiger partial charge in [0.2, 0.25) is 5.91 Å². The lowest BCUT2D eigenvalue weighted by molar-refractivity contribution is 0.0999. The number of carbonyl (C=O) groups excluding carboxylic acids is 1. The largest absolute Gasteiger partial charge is 0.366 e. The van der Waals surface area contributed by atoms with E-state index in [-0.39, 0.29) is 5.91 Å². The van der Waals surface area contributed by atoms with E-state index in [1.54, 1.807) is 0 Å². The molecule has 0 bridgehead atoms. The van der Waals surface area contributed by atoms with Crippen molar-refractivity contribution in [3.63, 3.8) is 0 Å². The van der Waals surface area contributed by atoms with Gasteiger partial charge in [-0.15, -0.1) is 0 Å². The van der Waals surface area contributed by atoms with Crippen LogP contribution in [0.4, 0.5) is 0 Å². The first kappa shape index (κ1) is 11.0. The van der Waals surface area contributed by atoms with Crippen molar-refractivity contribution in [2.24, 2.45) is 5.73 Å². The highest BCUT2D eigenvalue weighted by Gasteiger charge is 2.40. The van der Waals surface area contributed by atoms with Gasteiger partial charge in [-0.1, -0.05) is 48.5 Å². The van der Waals surface area contributed by atoms with E-state index in [0.29, 0.717) is 17.4 Å². The van der Waals surface area contributed by atoms with E-state index in [1.165, 1.54) is 5.56 Å². The van der Waals surface area contributed by atoms with Crippen LogP contribution in [0.2, 0.25) is 0 Å². The summed E-state index contributed by atoms with van der Waals surface area (Å²) in [7, 11) is 0. The van der Waals surface area contributed by atoms with Crippen LogP contribution in [0.15, 0.2) is 54.6 Å². The number of carbonyl (C=O) groups is 1. The Balaban J connectivity index is 1.89. The van der Waals surface area contributed by atoms with Crippen LogP contribution in [0.3, 0.4) is 0 Å². The molecule has 0 radical (unpaired) electrons. The minimum atomic E-state index is -0.329. The predicted octanol–water partition coefficient (Wildman–Crippen LogP) is 3.06. The van der Waals surface area contributed by atoms with E-state index in [9.17, 15) is 4.79 Å². The van der Waals surface area contributed by atoms with Crippen LogP contribution in [0, 0.1) is 0 Å². The Labute approximate surface area is 106 Å². The highest BCUT2D eigenvalue weighted by atomic mass is 16.1.